The van der Waals surface area contributed by atoms with Gasteiger partial charge in [-0.1, -0.05) is 30.3 Å². The molecule has 2 bridgehead atoms. The fraction of sp³-hybridized carbons (Fsp3) is 0. The van der Waals surface area contributed by atoms with Crippen molar-refractivity contribution in [2.24, 2.45) is 0 Å². The van der Waals surface area contributed by atoms with Crippen molar-refractivity contribution >= 4 is 17.4 Å². The second-order valence-electron chi connectivity index (χ2n) is 3.99. The molecular formula is C14H9NO5. The van der Waals surface area contributed by atoms with E-state index in [-0.39, 0.29) is 17.0 Å². The molecule has 0 spiro atoms. The summed E-state index contributed by atoms with van der Waals surface area (Å²) in [5, 5.41) is 18.8. The van der Waals surface area contributed by atoms with Gasteiger partial charge in [0.2, 0.25) is 0 Å². The zero-order chi connectivity index (χ0) is 14.7. The minimum Gasteiger partial charge on any atom is -0.477 e. The molecule has 0 unspecified atom stereocenters. The topological polar surface area (TPSA) is 97.5 Å². The molecule has 20 heavy (non-hydrogen) atoms. The molecule has 0 saturated carbocycles. The smallest absolute Gasteiger partial charge is 0.342 e. The molecule has 100 valence electrons. The molecule has 6 nitrogen and oxygen atoms in total. The summed E-state index contributed by atoms with van der Waals surface area (Å²) in [5.41, 5.74) is 1.03. The summed E-state index contributed by atoms with van der Waals surface area (Å²) in [6.07, 6.45) is 0. The Bertz CT molecular complexity index is 646. The van der Waals surface area contributed by atoms with Crippen molar-refractivity contribution in [3.8, 4) is 0 Å². The Morgan fingerprint density at radius 1 is 1.05 bits per heavy atom. The molecule has 0 aromatic heterocycles. The molecule has 2 aliphatic rings. The summed E-state index contributed by atoms with van der Waals surface area (Å²) in [7, 11) is 0. The van der Waals surface area contributed by atoms with Crippen molar-refractivity contribution in [2.45, 2.75) is 0 Å². The Kier molecular flexibility index (Phi) is 3.56. The molecule has 0 saturated heterocycles. The maximum Gasteiger partial charge on any atom is 0.342 e. The number of nitro benzene ring substituents is 1. The quantitative estimate of drug-likeness (QED) is 0.570. The number of aromatic carboxylic acids is 1. The number of carboxylic acid groups (broad SMARTS) is 1. The molecule has 1 N–H and O–H groups in total. The molecule has 0 fully saturated rings. The molecule has 2 aliphatic carbocycles. The van der Waals surface area contributed by atoms with Crippen LogP contribution in [-0.2, 0) is 0 Å². The van der Waals surface area contributed by atoms with E-state index in [0.717, 1.165) is 17.2 Å². The summed E-state index contributed by atoms with van der Waals surface area (Å²) < 4.78 is 0. The lowest BCUT2D eigenvalue weighted by Crippen LogP contribution is -2.10. The Labute approximate surface area is 113 Å². The first-order valence-electron chi connectivity index (χ1n) is 5.62. The normalized spacial score (nSPS) is 10.9. The van der Waals surface area contributed by atoms with Gasteiger partial charge in [-0.3, -0.25) is 14.9 Å². The van der Waals surface area contributed by atoms with E-state index in [9.17, 15) is 19.7 Å². The molecule has 0 heterocycles. The highest BCUT2D eigenvalue weighted by atomic mass is 16.6. The van der Waals surface area contributed by atoms with Crippen LogP contribution in [0.3, 0.4) is 0 Å². The Morgan fingerprint density at radius 3 is 2.00 bits per heavy atom. The minimum atomic E-state index is -1.29. The van der Waals surface area contributed by atoms with Crippen molar-refractivity contribution in [1.29, 1.82) is 0 Å². The predicted octanol–water partition coefficient (Wildman–Crippen LogP) is 2.52. The molecule has 0 radical (unpaired) electrons. The summed E-state index contributed by atoms with van der Waals surface area (Å²) in [6.45, 7) is 0. The number of nitrogens with zero attached hydrogens (tertiary/aromatic N) is 1. The lowest BCUT2D eigenvalue weighted by atomic mass is 9.92. The van der Waals surface area contributed by atoms with Gasteiger partial charge in [0.15, 0.2) is 5.78 Å². The summed E-state index contributed by atoms with van der Waals surface area (Å²) in [5.74, 6) is -1.09. The van der Waals surface area contributed by atoms with Crippen molar-refractivity contribution in [1.82, 2.24) is 0 Å². The van der Waals surface area contributed by atoms with Crippen molar-refractivity contribution in [3.63, 3.8) is 0 Å². The van der Waals surface area contributed by atoms with Gasteiger partial charge in [-0.15, -0.1) is 0 Å². The molecule has 0 aliphatic heterocycles. The van der Waals surface area contributed by atoms with Gasteiger partial charge in [0.05, 0.1) is 4.92 Å². The van der Waals surface area contributed by atoms with Crippen molar-refractivity contribution in [3.05, 3.63) is 75.3 Å². The average Bonchev–Trinajstić information content (AvgIpc) is 2.48. The molecule has 2 aromatic rings. The van der Waals surface area contributed by atoms with Gasteiger partial charge in [0, 0.05) is 17.2 Å². The first-order valence-corrected chi connectivity index (χ1v) is 5.62. The van der Waals surface area contributed by atoms with E-state index in [2.05, 4.69) is 0 Å². The van der Waals surface area contributed by atoms with Crippen LogP contribution in [0.15, 0.2) is 48.5 Å². The maximum atomic E-state index is 10.7. The highest BCUT2D eigenvalue weighted by molar-refractivity contribution is 6.16. The van der Waals surface area contributed by atoms with Crippen LogP contribution in [-0.4, -0.2) is 21.8 Å². The van der Waals surface area contributed by atoms with Gasteiger partial charge in [-0.2, -0.15) is 0 Å². The van der Waals surface area contributed by atoms with Gasteiger partial charge in [-0.25, -0.2) is 4.79 Å². The Balaban J connectivity index is 0.000000157. The van der Waals surface area contributed by atoms with E-state index in [1.54, 1.807) is 0 Å². The van der Waals surface area contributed by atoms with Gasteiger partial charge in [0.1, 0.15) is 5.56 Å². The summed E-state index contributed by atoms with van der Waals surface area (Å²) >= 11 is 0. The standard InChI is InChI=1S/C7H5NO4.C7H4O/c9-7(10)5-3-1-2-4-6(5)8(11)12;8-7-5-2-1-3-6(7)4-5/h1-4H,(H,9,10);1-4H. The summed E-state index contributed by atoms with van der Waals surface area (Å²) in [6, 6.07) is 12.7. The Hall–Kier alpha value is -3.02. The number of carbonyl (C=O) groups is 2. The minimum absolute atomic E-state index is 0.201. The second kappa shape index (κ2) is 5.31. The lowest BCUT2D eigenvalue weighted by molar-refractivity contribution is -0.385. The second-order valence-corrected chi connectivity index (χ2v) is 3.99. The molecule has 4 rings (SSSR count). The van der Waals surface area contributed by atoms with Crippen LogP contribution in [0.5, 0.6) is 0 Å². The number of hydrogen-bond acceptors (Lipinski definition) is 4. The van der Waals surface area contributed by atoms with E-state index in [1.807, 2.05) is 24.3 Å². The lowest BCUT2D eigenvalue weighted by Gasteiger charge is -2.10. The third-order valence-corrected chi connectivity index (χ3v) is 2.72. The van der Waals surface area contributed by atoms with Crippen LogP contribution in [0, 0.1) is 10.1 Å². The van der Waals surface area contributed by atoms with Crippen LogP contribution in [0.1, 0.15) is 26.3 Å². The van der Waals surface area contributed by atoms with Crippen LogP contribution in [0.25, 0.3) is 0 Å². The van der Waals surface area contributed by atoms with E-state index < -0.39 is 10.9 Å². The highest BCUT2D eigenvalue weighted by Crippen LogP contribution is 2.19. The van der Waals surface area contributed by atoms with Crippen molar-refractivity contribution in [2.75, 3.05) is 0 Å². The van der Waals surface area contributed by atoms with Gasteiger partial charge in [0.25, 0.3) is 5.69 Å². The number of ketones is 1. The monoisotopic (exact) mass is 271 g/mol. The average molecular weight is 271 g/mol. The van der Waals surface area contributed by atoms with Gasteiger partial charge < -0.3 is 5.11 Å². The zero-order valence-corrected chi connectivity index (χ0v) is 10.1. The zero-order valence-electron chi connectivity index (χ0n) is 10.1. The fourth-order valence-corrected chi connectivity index (χ4v) is 1.70. The van der Waals surface area contributed by atoms with Crippen LogP contribution in [0.2, 0.25) is 0 Å². The predicted molar refractivity (Wildman–Crippen MR) is 69.9 cm³/mol. The number of carboxylic acids is 1. The summed E-state index contributed by atoms with van der Waals surface area (Å²) in [4.78, 5) is 30.6. The highest BCUT2D eigenvalue weighted by Gasteiger charge is 2.18. The van der Waals surface area contributed by atoms with Gasteiger partial charge in [-0.05, 0) is 12.1 Å². The number of benzene rings is 2. The van der Waals surface area contributed by atoms with Gasteiger partial charge >= 0.3 is 5.97 Å². The van der Waals surface area contributed by atoms with Crippen LogP contribution >= 0.6 is 0 Å². The first kappa shape index (κ1) is 13.4. The van der Waals surface area contributed by atoms with Crippen LogP contribution < -0.4 is 0 Å². The van der Waals surface area contributed by atoms with E-state index in [1.165, 1.54) is 18.2 Å². The number of rotatable bonds is 2. The molecule has 2 aromatic carbocycles. The van der Waals surface area contributed by atoms with E-state index in [4.69, 9.17) is 5.11 Å². The third-order valence-electron chi connectivity index (χ3n) is 2.72. The molecule has 0 atom stereocenters. The Morgan fingerprint density at radius 2 is 1.65 bits per heavy atom. The number of para-hydroxylation sites is 1. The third kappa shape index (κ3) is 2.54. The number of nitro groups is 1. The first-order chi connectivity index (χ1) is 9.50. The van der Waals surface area contributed by atoms with E-state index in [0.29, 0.717) is 0 Å². The van der Waals surface area contributed by atoms with E-state index >= 15 is 0 Å². The number of fused-ring (bicyclic) bond motifs is 2. The molecule has 0 amide bonds. The maximum absolute atomic E-state index is 10.7. The molecular weight excluding hydrogens is 262 g/mol. The van der Waals surface area contributed by atoms with Crippen molar-refractivity contribution < 1.29 is 19.6 Å². The largest absolute Gasteiger partial charge is 0.477 e. The molecule has 6 heteroatoms. The number of hydrogen-bond donors (Lipinski definition) is 1. The fourth-order valence-electron chi connectivity index (χ4n) is 1.70. The number of carbonyl (C=O) groups excluding carboxylic acids is 1. The SMILES string of the molecule is O=C(O)c1ccccc1[N+](=O)[O-].O=C1c2cccc1c2. The van der Waals surface area contributed by atoms with Crippen LogP contribution in [0.4, 0.5) is 5.69 Å².